The molecule has 3 fully saturated rings. The van der Waals surface area contributed by atoms with Gasteiger partial charge in [0.15, 0.2) is 0 Å². The molecule has 0 aromatic heterocycles. The van der Waals surface area contributed by atoms with E-state index < -0.39 is 0 Å². The standard InChI is InChI=1S/C18H37N2.C11H24N3.C9H18N.Yb/c1-8-9-10-11-12-20(15(2)3)16-13-17(4,5)19-18(6,7)14-16;1-10(2)6-9(13-8-12-5)7-11(3,4)14-10;1-8(2)6-5-7-9(3,4)10-8;/h15-16,19H,1,8-14H2,2-7H3;9,13-14H,6-8H2,1-5H3;5,10H,6-7H2,1-4H3;/q3*-1;+3. The van der Waals surface area contributed by atoms with Gasteiger partial charge in [0, 0.05) is 40.3 Å². The maximum Gasteiger partial charge on any atom is 3.00 e. The predicted molar refractivity (Wildman–Crippen MR) is 196 cm³/mol. The Bertz CT molecular complexity index is 758. The molecule has 3 rings (SSSR count). The minimum Gasteiger partial charge on any atom is -0.653 e. The molecule has 275 valence electrons. The van der Waals surface area contributed by atoms with Crippen LogP contribution in [-0.4, -0.2) is 76.5 Å². The Balaban J connectivity index is 0.000000676. The van der Waals surface area contributed by atoms with E-state index in [0.29, 0.717) is 29.2 Å². The summed E-state index contributed by atoms with van der Waals surface area (Å²) >= 11 is 0. The van der Waals surface area contributed by atoms with Crippen molar-refractivity contribution in [3.8, 4) is 0 Å². The quantitative estimate of drug-likeness (QED) is 0.132. The SMILES string of the molecule is CC1(C)C[CH-]CC(C)(C)N1.C[N-]CNC1CC(C)(C)NC(C)(C)C1.[CH2-]CCCCCN(C(C)C)C1CC(C)(C)NC(C)(C)C1.[Yb+3]. The van der Waals surface area contributed by atoms with Crippen LogP contribution in [0.4, 0.5) is 0 Å². The second-order valence-electron chi connectivity index (χ2n) is 18.5. The van der Waals surface area contributed by atoms with Gasteiger partial charge in [0.2, 0.25) is 0 Å². The zero-order chi connectivity index (χ0) is 34.0. The number of piperidine rings is 3. The fourth-order valence-electron chi connectivity index (χ4n) is 8.51. The number of unbranched alkanes of at least 4 members (excludes halogenated alkanes) is 3. The fourth-order valence-corrected chi connectivity index (χ4v) is 8.51. The molecule has 1 radical (unpaired) electrons. The zero-order valence-corrected chi connectivity index (χ0v) is 34.4. The molecule has 0 saturated carbocycles. The van der Waals surface area contributed by atoms with Crippen molar-refractivity contribution >= 4 is 0 Å². The number of nitrogens with zero attached hydrogens (tertiary/aromatic N) is 2. The number of hydrogen-bond acceptors (Lipinski definition) is 5. The number of nitrogens with one attached hydrogen (secondary N) is 4. The van der Waals surface area contributed by atoms with Crippen molar-refractivity contribution in [2.24, 2.45) is 0 Å². The van der Waals surface area contributed by atoms with Crippen LogP contribution >= 0.6 is 0 Å². The van der Waals surface area contributed by atoms with Gasteiger partial charge in [-0.15, -0.1) is 0 Å². The summed E-state index contributed by atoms with van der Waals surface area (Å²) in [5.74, 6) is 0. The molecule has 7 heteroatoms. The van der Waals surface area contributed by atoms with Crippen LogP contribution in [0.15, 0.2) is 0 Å². The van der Waals surface area contributed by atoms with Gasteiger partial charge < -0.3 is 39.9 Å². The maximum atomic E-state index is 4.09. The van der Waals surface area contributed by atoms with E-state index in [2.05, 4.69) is 142 Å². The topological polar surface area (TPSA) is 65.5 Å². The first-order chi connectivity index (χ1) is 19.9. The van der Waals surface area contributed by atoms with E-state index in [-0.39, 0.29) is 69.1 Å². The number of rotatable bonds is 10. The molecule has 0 aromatic carbocycles. The largest absolute Gasteiger partial charge is 3.00 e. The van der Waals surface area contributed by atoms with E-state index >= 15 is 0 Å². The molecule has 0 amide bonds. The average Bonchev–Trinajstić information content (AvgIpc) is 2.78. The van der Waals surface area contributed by atoms with Crippen molar-refractivity contribution in [1.82, 2.24) is 26.2 Å². The van der Waals surface area contributed by atoms with Crippen LogP contribution in [0, 0.1) is 60.3 Å². The van der Waals surface area contributed by atoms with Gasteiger partial charge in [-0.3, -0.25) is 4.90 Å². The molecule has 0 aromatic rings. The summed E-state index contributed by atoms with van der Waals surface area (Å²) in [6.07, 6.45) is 14.6. The Hall–Kier alpha value is 1.28. The molecule has 45 heavy (non-hydrogen) atoms. The smallest absolute Gasteiger partial charge is 0.653 e. The zero-order valence-electron chi connectivity index (χ0n) is 32.7. The van der Waals surface area contributed by atoms with E-state index in [4.69, 9.17) is 0 Å². The second-order valence-corrected chi connectivity index (χ2v) is 18.5. The van der Waals surface area contributed by atoms with E-state index in [1.807, 2.05) is 7.05 Å². The number of hydrogen-bond donors (Lipinski definition) is 4. The molecule has 3 aliphatic rings. The van der Waals surface area contributed by atoms with Crippen molar-refractivity contribution < 1.29 is 46.9 Å². The van der Waals surface area contributed by atoms with Gasteiger partial charge in [-0.2, -0.15) is 26.3 Å². The first-order valence-electron chi connectivity index (χ1n) is 18.0. The van der Waals surface area contributed by atoms with Crippen LogP contribution < -0.4 is 21.3 Å². The first-order valence-corrected chi connectivity index (χ1v) is 18.0. The van der Waals surface area contributed by atoms with Gasteiger partial charge in [0.05, 0.1) is 0 Å². The molecule has 3 saturated heterocycles. The van der Waals surface area contributed by atoms with Crippen molar-refractivity contribution in [2.75, 3.05) is 20.3 Å². The molecule has 4 N–H and O–H groups in total. The Morgan fingerprint density at radius 3 is 1.49 bits per heavy atom. The third-order valence-corrected chi connectivity index (χ3v) is 9.18. The van der Waals surface area contributed by atoms with Crippen molar-refractivity contribution in [2.45, 2.75) is 212 Å². The van der Waals surface area contributed by atoms with Gasteiger partial charge in [-0.05, 0) is 147 Å². The van der Waals surface area contributed by atoms with Crippen molar-refractivity contribution in [3.63, 3.8) is 0 Å². The van der Waals surface area contributed by atoms with Gasteiger partial charge in [0.25, 0.3) is 0 Å². The molecule has 0 atom stereocenters. The molecule has 3 heterocycles. The summed E-state index contributed by atoms with van der Waals surface area (Å²) in [6, 6.07) is 1.94. The molecular formula is C38H79N6Yb. The second kappa shape index (κ2) is 19.6. The summed E-state index contributed by atoms with van der Waals surface area (Å²) in [5.41, 5.74) is 1.56. The van der Waals surface area contributed by atoms with Crippen LogP contribution in [0.25, 0.3) is 5.32 Å². The Morgan fingerprint density at radius 2 is 1.13 bits per heavy atom. The minimum absolute atomic E-state index is 0. The minimum atomic E-state index is 0. The Kier molecular flexibility index (Phi) is 20.2. The fraction of sp³-hybridized carbons (Fsp3) is 0.947. The molecule has 0 spiro atoms. The van der Waals surface area contributed by atoms with Crippen LogP contribution in [0.2, 0.25) is 0 Å². The molecule has 0 bridgehead atoms. The normalized spacial score (nSPS) is 24.9. The van der Waals surface area contributed by atoms with Crippen molar-refractivity contribution in [1.29, 1.82) is 0 Å². The summed E-state index contributed by atoms with van der Waals surface area (Å²) < 4.78 is 0. The summed E-state index contributed by atoms with van der Waals surface area (Å²) in [6.45, 7) is 38.2. The van der Waals surface area contributed by atoms with E-state index in [0.717, 1.165) is 13.1 Å². The monoisotopic (exact) mass is 794 g/mol. The van der Waals surface area contributed by atoms with Gasteiger partial charge in [-0.25, -0.2) is 0 Å². The summed E-state index contributed by atoms with van der Waals surface area (Å²) in [7, 11) is 1.85. The van der Waals surface area contributed by atoms with Crippen molar-refractivity contribution in [3.05, 3.63) is 18.7 Å². The molecule has 3 aliphatic heterocycles. The first kappa shape index (κ1) is 46.3. The molecular weight excluding hydrogens is 714 g/mol. The third-order valence-electron chi connectivity index (χ3n) is 9.18. The average molecular weight is 793 g/mol. The molecule has 0 unspecified atom stereocenters. The Morgan fingerprint density at radius 1 is 0.711 bits per heavy atom. The van der Waals surface area contributed by atoms with Gasteiger partial charge in [-0.1, -0.05) is 19.5 Å². The van der Waals surface area contributed by atoms with E-state index in [9.17, 15) is 0 Å². The predicted octanol–water partition coefficient (Wildman–Crippen LogP) is 8.38. The van der Waals surface area contributed by atoms with E-state index in [1.165, 1.54) is 64.3 Å². The summed E-state index contributed by atoms with van der Waals surface area (Å²) in [5, 5.41) is 18.6. The van der Waals surface area contributed by atoms with Gasteiger partial charge >= 0.3 is 46.9 Å². The summed E-state index contributed by atoms with van der Waals surface area (Å²) in [4.78, 5) is 2.74. The van der Waals surface area contributed by atoms with Gasteiger partial charge in [0.1, 0.15) is 0 Å². The maximum absolute atomic E-state index is 4.09. The van der Waals surface area contributed by atoms with Crippen LogP contribution in [0.5, 0.6) is 0 Å². The van der Waals surface area contributed by atoms with E-state index in [1.54, 1.807) is 0 Å². The Labute approximate surface area is 321 Å². The van der Waals surface area contributed by atoms with Crippen LogP contribution in [0.3, 0.4) is 0 Å². The third kappa shape index (κ3) is 19.9. The van der Waals surface area contributed by atoms with Crippen LogP contribution in [0.1, 0.15) is 161 Å². The molecule has 0 aliphatic carbocycles. The molecule has 6 nitrogen and oxygen atoms in total. The van der Waals surface area contributed by atoms with Crippen LogP contribution in [-0.2, 0) is 0 Å².